The van der Waals surface area contributed by atoms with E-state index >= 15 is 0 Å². The third-order valence-electron chi connectivity index (χ3n) is 3.25. The maximum Gasteiger partial charge on any atom is 0.219 e. The van der Waals surface area contributed by atoms with Crippen molar-refractivity contribution in [3.8, 4) is 11.6 Å². The highest BCUT2D eigenvalue weighted by Gasteiger charge is 2.04. The summed E-state index contributed by atoms with van der Waals surface area (Å²) >= 11 is 0. The Morgan fingerprint density at radius 1 is 1.10 bits per heavy atom. The molecule has 0 saturated carbocycles. The largest absolute Gasteiger partial charge is 0.439 e. The summed E-state index contributed by atoms with van der Waals surface area (Å²) in [5, 5.41) is 0. The van der Waals surface area contributed by atoms with Crippen LogP contribution in [0, 0.1) is 0 Å². The molecule has 0 aliphatic rings. The second-order valence-electron chi connectivity index (χ2n) is 4.85. The van der Waals surface area contributed by atoms with Gasteiger partial charge in [0.15, 0.2) is 0 Å². The Morgan fingerprint density at radius 3 is 2.48 bits per heavy atom. The third-order valence-corrected chi connectivity index (χ3v) is 3.25. The summed E-state index contributed by atoms with van der Waals surface area (Å²) in [5.74, 6) is 1.37. The smallest absolute Gasteiger partial charge is 0.219 e. The number of nitrogens with zero attached hydrogens (tertiary/aromatic N) is 1. The number of benzene rings is 1. The van der Waals surface area contributed by atoms with Gasteiger partial charge in [-0.3, -0.25) is 0 Å². The fourth-order valence-electron chi connectivity index (χ4n) is 2.04. The molecule has 2 rings (SSSR count). The van der Waals surface area contributed by atoms with Crippen LogP contribution in [0.15, 0.2) is 36.4 Å². The lowest BCUT2D eigenvalue weighted by molar-refractivity contribution is 0.202. The number of pyridine rings is 1. The molecule has 0 aliphatic carbocycles. The molecule has 0 bridgehead atoms. The zero-order chi connectivity index (χ0) is 15.1. The molecule has 0 aliphatic heterocycles. The Morgan fingerprint density at radius 2 is 1.86 bits per heavy atom. The van der Waals surface area contributed by atoms with Gasteiger partial charge in [-0.1, -0.05) is 19.1 Å². The molecule has 1 aromatic heterocycles. The van der Waals surface area contributed by atoms with E-state index in [0.29, 0.717) is 12.4 Å². The lowest BCUT2D eigenvalue weighted by atomic mass is 10.1. The average molecular weight is 286 g/mol. The van der Waals surface area contributed by atoms with E-state index in [2.05, 4.69) is 11.9 Å². The highest BCUT2D eigenvalue weighted by molar-refractivity contribution is 5.33. The molecule has 1 aromatic carbocycles. The number of ether oxygens (including phenoxy) is 2. The maximum atomic E-state index is 5.82. The van der Waals surface area contributed by atoms with Crippen LogP contribution in [0.1, 0.15) is 23.7 Å². The van der Waals surface area contributed by atoms with Crippen LogP contribution in [0.25, 0.3) is 0 Å². The van der Waals surface area contributed by atoms with Crippen LogP contribution in [0.4, 0.5) is 0 Å². The van der Waals surface area contributed by atoms with Gasteiger partial charge in [0.1, 0.15) is 5.75 Å². The van der Waals surface area contributed by atoms with Gasteiger partial charge in [0, 0.05) is 25.4 Å². The number of hydrogen-bond donors (Lipinski definition) is 1. The molecule has 1 heterocycles. The molecule has 2 N–H and O–H groups in total. The van der Waals surface area contributed by atoms with E-state index in [-0.39, 0.29) is 0 Å². The van der Waals surface area contributed by atoms with Crippen molar-refractivity contribution in [2.24, 2.45) is 5.73 Å². The predicted molar refractivity (Wildman–Crippen MR) is 83.6 cm³/mol. The summed E-state index contributed by atoms with van der Waals surface area (Å²) in [6.45, 7) is 3.28. The second-order valence-corrected chi connectivity index (χ2v) is 4.85. The molecule has 0 amide bonds. The van der Waals surface area contributed by atoms with Gasteiger partial charge in [-0.25, -0.2) is 4.98 Å². The van der Waals surface area contributed by atoms with E-state index < -0.39 is 0 Å². The van der Waals surface area contributed by atoms with Crippen molar-refractivity contribution in [2.75, 3.05) is 13.7 Å². The zero-order valence-corrected chi connectivity index (χ0v) is 12.6. The highest BCUT2D eigenvalue weighted by Crippen LogP contribution is 2.22. The molecule has 0 unspecified atom stereocenters. The van der Waals surface area contributed by atoms with Crippen molar-refractivity contribution >= 4 is 0 Å². The highest BCUT2D eigenvalue weighted by atomic mass is 16.5. The van der Waals surface area contributed by atoms with Crippen molar-refractivity contribution < 1.29 is 9.47 Å². The maximum absolute atomic E-state index is 5.82. The lowest BCUT2D eigenvalue weighted by Crippen LogP contribution is -2.01. The Hall–Kier alpha value is -1.91. The van der Waals surface area contributed by atoms with E-state index in [9.17, 15) is 0 Å². The number of aryl methyl sites for hydroxylation is 1. The van der Waals surface area contributed by atoms with E-state index in [1.54, 1.807) is 7.11 Å². The summed E-state index contributed by atoms with van der Waals surface area (Å²) < 4.78 is 10.9. The standard InChI is InChI=1S/C17H22N2O2/c1-3-15-10-14(12-18)11-17(19-15)21-16-6-4-13(5-7-16)8-9-20-2/h4-7,10-11H,3,8-9,12,18H2,1-2H3. The molecule has 0 saturated heterocycles. The van der Waals surface area contributed by atoms with E-state index in [1.807, 2.05) is 36.4 Å². The van der Waals surface area contributed by atoms with Gasteiger partial charge in [0.2, 0.25) is 5.88 Å². The number of aromatic nitrogens is 1. The quantitative estimate of drug-likeness (QED) is 0.849. The minimum Gasteiger partial charge on any atom is -0.439 e. The average Bonchev–Trinajstić information content (AvgIpc) is 2.53. The molecule has 4 nitrogen and oxygen atoms in total. The Bertz CT molecular complexity index is 545. The third kappa shape index (κ3) is 4.55. The molecule has 0 radical (unpaired) electrons. The van der Waals surface area contributed by atoms with Gasteiger partial charge in [-0.15, -0.1) is 0 Å². The first kappa shape index (κ1) is 15.5. The predicted octanol–water partition coefficient (Wildman–Crippen LogP) is 3.08. The number of nitrogens with two attached hydrogens (primary N) is 1. The van der Waals surface area contributed by atoms with Gasteiger partial charge in [-0.2, -0.15) is 0 Å². The molecular weight excluding hydrogens is 264 g/mol. The van der Waals surface area contributed by atoms with Crippen LogP contribution >= 0.6 is 0 Å². The van der Waals surface area contributed by atoms with Crippen LogP contribution in [0.3, 0.4) is 0 Å². The fraction of sp³-hybridized carbons (Fsp3) is 0.353. The van der Waals surface area contributed by atoms with Crippen molar-refractivity contribution in [3.63, 3.8) is 0 Å². The normalized spacial score (nSPS) is 10.6. The van der Waals surface area contributed by atoms with Crippen LogP contribution < -0.4 is 10.5 Å². The van der Waals surface area contributed by atoms with Crippen molar-refractivity contribution in [1.29, 1.82) is 0 Å². The van der Waals surface area contributed by atoms with Crippen molar-refractivity contribution in [3.05, 3.63) is 53.2 Å². The minimum absolute atomic E-state index is 0.488. The molecule has 0 spiro atoms. The molecule has 0 atom stereocenters. The Kier molecular flexibility index (Phi) is 5.72. The first-order valence-electron chi connectivity index (χ1n) is 7.20. The van der Waals surface area contributed by atoms with Crippen LogP contribution in [-0.4, -0.2) is 18.7 Å². The topological polar surface area (TPSA) is 57.4 Å². The lowest BCUT2D eigenvalue weighted by Gasteiger charge is -2.09. The molecule has 2 aromatic rings. The summed E-state index contributed by atoms with van der Waals surface area (Å²) in [6, 6.07) is 11.9. The number of methoxy groups -OCH3 is 1. The first-order chi connectivity index (χ1) is 10.2. The first-order valence-corrected chi connectivity index (χ1v) is 7.20. The molecular formula is C17H22N2O2. The monoisotopic (exact) mass is 286 g/mol. The molecule has 0 fully saturated rings. The summed E-state index contributed by atoms with van der Waals surface area (Å²) in [7, 11) is 1.71. The summed E-state index contributed by atoms with van der Waals surface area (Å²) in [5.41, 5.74) is 8.96. The Balaban J connectivity index is 2.10. The molecule has 21 heavy (non-hydrogen) atoms. The van der Waals surface area contributed by atoms with Gasteiger partial charge < -0.3 is 15.2 Å². The van der Waals surface area contributed by atoms with Gasteiger partial charge in [0.25, 0.3) is 0 Å². The van der Waals surface area contributed by atoms with E-state index in [4.69, 9.17) is 15.2 Å². The molecule has 112 valence electrons. The SMILES string of the molecule is CCc1cc(CN)cc(Oc2ccc(CCOC)cc2)n1. The van der Waals surface area contributed by atoms with Crippen LogP contribution in [0.5, 0.6) is 11.6 Å². The van der Waals surface area contributed by atoms with Gasteiger partial charge >= 0.3 is 0 Å². The molecule has 4 heteroatoms. The van der Waals surface area contributed by atoms with E-state index in [1.165, 1.54) is 5.56 Å². The zero-order valence-electron chi connectivity index (χ0n) is 12.6. The van der Waals surface area contributed by atoms with Gasteiger partial charge in [-0.05, 0) is 42.2 Å². The summed E-state index contributed by atoms with van der Waals surface area (Å²) in [6.07, 6.45) is 1.76. The summed E-state index contributed by atoms with van der Waals surface area (Å²) in [4.78, 5) is 4.47. The van der Waals surface area contributed by atoms with Crippen molar-refractivity contribution in [1.82, 2.24) is 4.98 Å². The fourth-order valence-corrected chi connectivity index (χ4v) is 2.04. The number of hydrogen-bond acceptors (Lipinski definition) is 4. The van der Waals surface area contributed by atoms with Crippen LogP contribution in [0.2, 0.25) is 0 Å². The second kappa shape index (κ2) is 7.76. The van der Waals surface area contributed by atoms with Gasteiger partial charge in [0.05, 0.1) is 6.61 Å². The van der Waals surface area contributed by atoms with Crippen LogP contribution in [-0.2, 0) is 24.1 Å². The Labute approximate surface area is 125 Å². The van der Waals surface area contributed by atoms with Crippen molar-refractivity contribution in [2.45, 2.75) is 26.3 Å². The van der Waals surface area contributed by atoms with E-state index in [0.717, 1.165) is 36.5 Å². The minimum atomic E-state index is 0.488. The number of rotatable bonds is 7.